The Balaban J connectivity index is 1.57. The van der Waals surface area contributed by atoms with Crippen LogP contribution in [0, 0.1) is 5.92 Å². The largest absolute Gasteiger partial charge is 0.326 e. The molecule has 2 aromatic rings. The van der Waals surface area contributed by atoms with E-state index in [1.807, 2.05) is 54.6 Å². The molecule has 0 aliphatic carbocycles. The van der Waals surface area contributed by atoms with Gasteiger partial charge in [-0.15, -0.1) is 0 Å². The van der Waals surface area contributed by atoms with Gasteiger partial charge < -0.3 is 5.32 Å². The summed E-state index contributed by atoms with van der Waals surface area (Å²) in [6.07, 6.45) is 1.14. The number of benzene rings is 2. The number of amides is 2. The Morgan fingerprint density at radius 1 is 1.17 bits per heavy atom. The molecule has 2 N–H and O–H groups in total. The number of hydrogen-bond donors (Lipinski definition) is 2. The summed E-state index contributed by atoms with van der Waals surface area (Å²) >= 11 is 0. The highest BCUT2D eigenvalue weighted by Gasteiger charge is 2.32. The molecule has 0 aromatic heterocycles. The minimum Gasteiger partial charge on any atom is -0.326 e. The normalized spacial score (nSPS) is 16.8. The van der Waals surface area contributed by atoms with Crippen LogP contribution in [-0.4, -0.2) is 18.4 Å². The maximum atomic E-state index is 12.2. The fourth-order valence-electron chi connectivity index (χ4n) is 2.77. The van der Waals surface area contributed by atoms with E-state index < -0.39 is 0 Å². The molecular weight excluding hydrogens is 302 g/mol. The summed E-state index contributed by atoms with van der Waals surface area (Å²) < 4.78 is 0. The van der Waals surface area contributed by atoms with Gasteiger partial charge in [-0.05, 0) is 36.2 Å². The van der Waals surface area contributed by atoms with Crippen LogP contribution >= 0.6 is 0 Å². The molecule has 1 unspecified atom stereocenters. The highest BCUT2D eigenvalue weighted by atomic mass is 16.2. The second-order valence-corrected chi connectivity index (χ2v) is 5.92. The second-order valence-electron chi connectivity index (χ2n) is 5.92. The lowest BCUT2D eigenvalue weighted by molar-refractivity contribution is -0.126. The molecule has 1 aliphatic rings. The van der Waals surface area contributed by atoms with Crippen LogP contribution in [0.3, 0.4) is 0 Å². The summed E-state index contributed by atoms with van der Waals surface area (Å²) in [5.74, 6) is -0.607. The van der Waals surface area contributed by atoms with Gasteiger partial charge in [-0.2, -0.15) is 0 Å². The zero-order valence-electron chi connectivity index (χ0n) is 13.7. The van der Waals surface area contributed by atoms with Crippen molar-refractivity contribution in [3.63, 3.8) is 0 Å². The molecular formula is C19H21N3O2. The van der Waals surface area contributed by atoms with Crippen molar-refractivity contribution >= 4 is 23.2 Å². The van der Waals surface area contributed by atoms with E-state index in [1.54, 1.807) is 5.01 Å². The molecule has 0 saturated carbocycles. The third-order valence-electron chi connectivity index (χ3n) is 4.16. The second kappa shape index (κ2) is 7.17. The Morgan fingerprint density at radius 3 is 2.54 bits per heavy atom. The van der Waals surface area contributed by atoms with Crippen LogP contribution in [0.5, 0.6) is 0 Å². The maximum absolute atomic E-state index is 12.2. The molecule has 3 rings (SSSR count). The average molecular weight is 323 g/mol. The lowest BCUT2D eigenvalue weighted by atomic mass is 10.1. The molecule has 1 heterocycles. The minimum atomic E-state index is -0.347. The van der Waals surface area contributed by atoms with Crippen molar-refractivity contribution < 1.29 is 9.59 Å². The van der Waals surface area contributed by atoms with Gasteiger partial charge in [0.25, 0.3) is 0 Å². The number of hydrogen-bond acceptors (Lipinski definition) is 3. The van der Waals surface area contributed by atoms with Gasteiger partial charge in [0, 0.05) is 12.1 Å². The number of nitrogens with zero attached hydrogens (tertiary/aromatic N) is 1. The van der Waals surface area contributed by atoms with Gasteiger partial charge in [0.05, 0.1) is 18.2 Å². The minimum absolute atomic E-state index is 0.115. The van der Waals surface area contributed by atoms with Gasteiger partial charge >= 0.3 is 0 Å². The van der Waals surface area contributed by atoms with Crippen molar-refractivity contribution in [1.29, 1.82) is 0 Å². The van der Waals surface area contributed by atoms with E-state index in [2.05, 4.69) is 17.7 Å². The lowest BCUT2D eigenvalue weighted by Gasteiger charge is -2.17. The molecule has 1 fully saturated rings. The molecule has 24 heavy (non-hydrogen) atoms. The molecule has 1 saturated heterocycles. The van der Waals surface area contributed by atoms with Crippen LogP contribution in [0.4, 0.5) is 11.4 Å². The van der Waals surface area contributed by atoms with E-state index in [4.69, 9.17) is 0 Å². The Labute approximate surface area is 141 Å². The van der Waals surface area contributed by atoms with Crippen LogP contribution in [-0.2, 0) is 16.0 Å². The molecule has 124 valence electrons. The number of para-hydroxylation sites is 1. The number of anilines is 2. The van der Waals surface area contributed by atoms with E-state index in [0.29, 0.717) is 6.54 Å². The van der Waals surface area contributed by atoms with E-state index in [-0.39, 0.29) is 24.2 Å². The van der Waals surface area contributed by atoms with Crippen LogP contribution in [0.15, 0.2) is 54.6 Å². The predicted molar refractivity (Wildman–Crippen MR) is 94.5 cm³/mol. The Kier molecular flexibility index (Phi) is 4.79. The number of rotatable bonds is 5. The standard InChI is InChI=1S/C19H21N3O2/c1-2-14-8-10-16(11-9-14)20-18(23)12-15-13-22(21-19(15)24)17-6-4-3-5-7-17/h3-11,15H,2,12-13H2,1H3,(H,20,23)(H,21,24). The van der Waals surface area contributed by atoms with Gasteiger partial charge in [0.2, 0.25) is 11.8 Å². The molecule has 0 spiro atoms. The average Bonchev–Trinajstić information content (AvgIpc) is 2.97. The summed E-state index contributed by atoms with van der Waals surface area (Å²) in [5.41, 5.74) is 5.72. The lowest BCUT2D eigenvalue weighted by Crippen LogP contribution is -2.32. The highest BCUT2D eigenvalue weighted by molar-refractivity contribution is 5.95. The number of carbonyl (C=O) groups is 2. The summed E-state index contributed by atoms with van der Waals surface area (Å²) in [6, 6.07) is 17.4. The van der Waals surface area contributed by atoms with Crippen LogP contribution < -0.4 is 15.8 Å². The number of nitrogens with one attached hydrogen (secondary N) is 2. The number of hydrazine groups is 1. The first-order chi connectivity index (χ1) is 11.7. The molecule has 2 aromatic carbocycles. The van der Waals surface area contributed by atoms with Crippen molar-refractivity contribution in [3.05, 3.63) is 60.2 Å². The first-order valence-electron chi connectivity index (χ1n) is 8.17. The SMILES string of the molecule is CCc1ccc(NC(=O)CC2CN(c3ccccc3)NC2=O)cc1. The smallest absolute Gasteiger partial charge is 0.243 e. The fourth-order valence-corrected chi connectivity index (χ4v) is 2.77. The first kappa shape index (κ1) is 16.1. The van der Waals surface area contributed by atoms with Crippen LogP contribution in [0.2, 0.25) is 0 Å². The van der Waals surface area contributed by atoms with E-state index in [9.17, 15) is 9.59 Å². The topological polar surface area (TPSA) is 61.4 Å². The molecule has 0 radical (unpaired) electrons. The molecule has 0 bridgehead atoms. The fraction of sp³-hybridized carbons (Fsp3) is 0.263. The Bertz CT molecular complexity index is 713. The molecule has 1 aliphatic heterocycles. The number of aryl methyl sites for hydroxylation is 1. The van der Waals surface area contributed by atoms with E-state index in [0.717, 1.165) is 17.8 Å². The molecule has 5 nitrogen and oxygen atoms in total. The van der Waals surface area contributed by atoms with Crippen molar-refractivity contribution in [2.45, 2.75) is 19.8 Å². The zero-order chi connectivity index (χ0) is 16.9. The zero-order valence-corrected chi connectivity index (χ0v) is 13.7. The van der Waals surface area contributed by atoms with Crippen molar-refractivity contribution in [2.24, 2.45) is 5.92 Å². The third-order valence-corrected chi connectivity index (χ3v) is 4.16. The van der Waals surface area contributed by atoms with Crippen LogP contribution in [0.25, 0.3) is 0 Å². The third kappa shape index (κ3) is 3.74. The van der Waals surface area contributed by atoms with Gasteiger partial charge in [-0.25, -0.2) is 0 Å². The van der Waals surface area contributed by atoms with Gasteiger partial charge in [0.15, 0.2) is 0 Å². The molecule has 1 atom stereocenters. The first-order valence-corrected chi connectivity index (χ1v) is 8.17. The van der Waals surface area contributed by atoms with Crippen molar-refractivity contribution in [3.8, 4) is 0 Å². The van der Waals surface area contributed by atoms with Gasteiger partial charge in [-0.1, -0.05) is 37.3 Å². The molecule has 2 amide bonds. The monoisotopic (exact) mass is 323 g/mol. The quantitative estimate of drug-likeness (QED) is 0.889. The van der Waals surface area contributed by atoms with E-state index >= 15 is 0 Å². The number of carbonyl (C=O) groups excluding carboxylic acids is 2. The van der Waals surface area contributed by atoms with Crippen LogP contribution in [0.1, 0.15) is 18.9 Å². The summed E-state index contributed by atoms with van der Waals surface area (Å²) in [4.78, 5) is 24.3. The summed E-state index contributed by atoms with van der Waals surface area (Å²) in [7, 11) is 0. The maximum Gasteiger partial charge on any atom is 0.243 e. The highest BCUT2D eigenvalue weighted by Crippen LogP contribution is 2.20. The summed E-state index contributed by atoms with van der Waals surface area (Å²) in [5, 5.41) is 4.65. The Hall–Kier alpha value is -2.82. The summed E-state index contributed by atoms with van der Waals surface area (Å²) in [6.45, 7) is 2.58. The van der Waals surface area contributed by atoms with Gasteiger partial charge in [0.1, 0.15) is 0 Å². The Morgan fingerprint density at radius 2 is 1.88 bits per heavy atom. The van der Waals surface area contributed by atoms with Gasteiger partial charge in [-0.3, -0.25) is 20.0 Å². The van der Waals surface area contributed by atoms with Crippen molar-refractivity contribution in [2.75, 3.05) is 16.9 Å². The predicted octanol–water partition coefficient (Wildman–Crippen LogP) is 2.75. The molecule has 5 heteroatoms. The van der Waals surface area contributed by atoms with Crippen molar-refractivity contribution in [1.82, 2.24) is 5.43 Å². The van der Waals surface area contributed by atoms with E-state index in [1.165, 1.54) is 5.56 Å².